The SMILES string of the molecule is COc1ccc(COC(=O)C(=Cc2ccccc2)NC(C)=O)cc1F. The highest BCUT2D eigenvalue weighted by Gasteiger charge is 2.14. The fraction of sp³-hybridized carbons (Fsp3) is 0.158. The highest BCUT2D eigenvalue weighted by Crippen LogP contribution is 2.18. The Balaban J connectivity index is 2.10. The Kier molecular flexibility index (Phi) is 6.28. The summed E-state index contributed by atoms with van der Waals surface area (Å²) in [5.74, 6) is -1.54. The molecule has 2 rings (SSSR count). The Morgan fingerprint density at radius 2 is 1.88 bits per heavy atom. The summed E-state index contributed by atoms with van der Waals surface area (Å²) >= 11 is 0. The number of rotatable bonds is 6. The van der Waals surface area contributed by atoms with Crippen LogP contribution in [0.3, 0.4) is 0 Å². The predicted molar refractivity (Wildman–Crippen MR) is 91.0 cm³/mol. The summed E-state index contributed by atoms with van der Waals surface area (Å²) in [5.41, 5.74) is 1.21. The molecule has 0 radical (unpaired) electrons. The van der Waals surface area contributed by atoms with Crippen molar-refractivity contribution >= 4 is 18.0 Å². The Morgan fingerprint density at radius 1 is 1.16 bits per heavy atom. The third-order valence-corrected chi connectivity index (χ3v) is 3.23. The Morgan fingerprint density at radius 3 is 2.48 bits per heavy atom. The third-order valence-electron chi connectivity index (χ3n) is 3.23. The molecule has 0 saturated carbocycles. The van der Waals surface area contributed by atoms with E-state index in [9.17, 15) is 14.0 Å². The molecule has 0 atom stereocenters. The lowest BCUT2D eigenvalue weighted by atomic mass is 10.2. The maximum absolute atomic E-state index is 13.7. The van der Waals surface area contributed by atoms with Gasteiger partial charge in [-0.3, -0.25) is 4.79 Å². The first-order valence-corrected chi connectivity index (χ1v) is 7.53. The van der Waals surface area contributed by atoms with E-state index in [0.29, 0.717) is 5.56 Å². The van der Waals surface area contributed by atoms with Gasteiger partial charge in [-0.15, -0.1) is 0 Å². The molecule has 130 valence electrons. The number of hydrogen-bond donors (Lipinski definition) is 1. The van der Waals surface area contributed by atoms with Crippen LogP contribution >= 0.6 is 0 Å². The number of ether oxygens (including phenoxy) is 2. The second kappa shape index (κ2) is 8.63. The maximum Gasteiger partial charge on any atom is 0.355 e. The topological polar surface area (TPSA) is 64.6 Å². The lowest BCUT2D eigenvalue weighted by molar-refractivity contribution is -0.141. The van der Waals surface area contributed by atoms with Crippen molar-refractivity contribution in [3.05, 3.63) is 71.2 Å². The highest BCUT2D eigenvalue weighted by molar-refractivity contribution is 5.97. The van der Waals surface area contributed by atoms with Crippen molar-refractivity contribution in [1.82, 2.24) is 5.32 Å². The molecule has 25 heavy (non-hydrogen) atoms. The summed E-state index contributed by atoms with van der Waals surface area (Å²) in [6.07, 6.45) is 1.51. The van der Waals surface area contributed by atoms with E-state index < -0.39 is 17.7 Å². The van der Waals surface area contributed by atoms with Crippen molar-refractivity contribution in [2.24, 2.45) is 0 Å². The standard InChI is InChI=1S/C19H18FNO4/c1-13(22)21-17(11-14-6-4-3-5-7-14)19(23)25-12-15-8-9-18(24-2)16(20)10-15/h3-11H,12H2,1-2H3,(H,21,22). The lowest BCUT2D eigenvalue weighted by Crippen LogP contribution is -2.26. The van der Waals surface area contributed by atoms with E-state index in [0.717, 1.165) is 5.56 Å². The first kappa shape index (κ1) is 18.2. The van der Waals surface area contributed by atoms with Gasteiger partial charge in [-0.05, 0) is 29.3 Å². The third kappa shape index (κ3) is 5.46. The lowest BCUT2D eigenvalue weighted by Gasteiger charge is -2.10. The fourth-order valence-corrected chi connectivity index (χ4v) is 2.08. The molecule has 0 bridgehead atoms. The summed E-state index contributed by atoms with van der Waals surface area (Å²) < 4.78 is 23.7. The number of carbonyl (C=O) groups is 2. The number of esters is 1. The summed E-state index contributed by atoms with van der Waals surface area (Å²) in [4.78, 5) is 23.6. The minimum Gasteiger partial charge on any atom is -0.494 e. The molecule has 0 aromatic heterocycles. The minimum atomic E-state index is -0.713. The van der Waals surface area contributed by atoms with E-state index in [4.69, 9.17) is 9.47 Å². The summed E-state index contributed by atoms with van der Waals surface area (Å²) in [6.45, 7) is 1.16. The van der Waals surface area contributed by atoms with Gasteiger partial charge in [0, 0.05) is 6.92 Å². The van der Waals surface area contributed by atoms with Crippen LogP contribution in [-0.2, 0) is 20.9 Å². The van der Waals surface area contributed by atoms with E-state index in [-0.39, 0.29) is 18.1 Å². The Bertz CT molecular complexity index is 787. The average Bonchev–Trinajstić information content (AvgIpc) is 2.59. The zero-order valence-electron chi connectivity index (χ0n) is 13.9. The molecule has 0 fully saturated rings. The molecule has 5 nitrogen and oxygen atoms in total. The van der Waals surface area contributed by atoms with Gasteiger partial charge in [0.1, 0.15) is 12.3 Å². The van der Waals surface area contributed by atoms with E-state index in [2.05, 4.69) is 5.32 Å². The average molecular weight is 343 g/mol. The minimum absolute atomic E-state index is 0.00711. The van der Waals surface area contributed by atoms with E-state index in [1.165, 1.54) is 32.2 Å². The van der Waals surface area contributed by atoms with Crippen molar-refractivity contribution in [3.63, 3.8) is 0 Å². The largest absolute Gasteiger partial charge is 0.494 e. The van der Waals surface area contributed by atoms with Crippen LogP contribution in [0.2, 0.25) is 0 Å². The number of nitrogens with one attached hydrogen (secondary N) is 1. The van der Waals surface area contributed by atoms with Crippen LogP contribution in [0.4, 0.5) is 4.39 Å². The molecular weight excluding hydrogens is 325 g/mol. The van der Waals surface area contributed by atoms with Crippen LogP contribution in [0.15, 0.2) is 54.2 Å². The molecule has 0 aliphatic rings. The Hall–Kier alpha value is -3.15. The molecule has 0 heterocycles. The summed E-state index contributed by atoms with van der Waals surface area (Å²) in [7, 11) is 1.37. The van der Waals surface area contributed by atoms with E-state index >= 15 is 0 Å². The van der Waals surface area contributed by atoms with Gasteiger partial charge < -0.3 is 14.8 Å². The van der Waals surface area contributed by atoms with Crippen LogP contribution < -0.4 is 10.1 Å². The van der Waals surface area contributed by atoms with Crippen molar-refractivity contribution in [1.29, 1.82) is 0 Å². The molecule has 2 aromatic carbocycles. The molecule has 0 saturated heterocycles. The van der Waals surface area contributed by atoms with Gasteiger partial charge in [0.15, 0.2) is 11.6 Å². The van der Waals surface area contributed by atoms with Crippen LogP contribution in [0.1, 0.15) is 18.1 Å². The van der Waals surface area contributed by atoms with Gasteiger partial charge in [0.25, 0.3) is 0 Å². The van der Waals surface area contributed by atoms with Gasteiger partial charge in [-0.2, -0.15) is 0 Å². The number of methoxy groups -OCH3 is 1. The molecule has 0 spiro atoms. The van der Waals surface area contributed by atoms with Crippen molar-refractivity contribution in [2.75, 3.05) is 7.11 Å². The molecule has 2 aromatic rings. The molecule has 0 aliphatic carbocycles. The molecule has 0 aliphatic heterocycles. The van der Waals surface area contributed by atoms with E-state index in [1.807, 2.05) is 18.2 Å². The first-order chi connectivity index (χ1) is 12.0. The Labute approximate surface area is 145 Å². The van der Waals surface area contributed by atoms with Crippen molar-refractivity contribution in [3.8, 4) is 5.75 Å². The van der Waals surface area contributed by atoms with Gasteiger partial charge in [0.2, 0.25) is 5.91 Å². The van der Waals surface area contributed by atoms with Gasteiger partial charge >= 0.3 is 5.97 Å². The van der Waals surface area contributed by atoms with Crippen molar-refractivity contribution in [2.45, 2.75) is 13.5 Å². The number of benzene rings is 2. The van der Waals surface area contributed by atoms with Crippen molar-refractivity contribution < 1.29 is 23.5 Å². The van der Waals surface area contributed by atoms with Crippen LogP contribution in [-0.4, -0.2) is 19.0 Å². The monoisotopic (exact) mass is 343 g/mol. The second-order valence-corrected chi connectivity index (χ2v) is 5.19. The quantitative estimate of drug-likeness (QED) is 0.647. The zero-order valence-corrected chi connectivity index (χ0v) is 13.9. The van der Waals surface area contributed by atoms with Crippen LogP contribution in [0.25, 0.3) is 6.08 Å². The fourth-order valence-electron chi connectivity index (χ4n) is 2.08. The smallest absolute Gasteiger partial charge is 0.355 e. The first-order valence-electron chi connectivity index (χ1n) is 7.53. The number of amides is 1. The number of carbonyl (C=O) groups excluding carboxylic acids is 2. The highest BCUT2D eigenvalue weighted by atomic mass is 19.1. The predicted octanol–water partition coefficient (Wildman–Crippen LogP) is 3.05. The van der Waals surface area contributed by atoms with Crippen LogP contribution in [0.5, 0.6) is 5.75 Å². The van der Waals surface area contributed by atoms with E-state index in [1.54, 1.807) is 18.2 Å². The molecular formula is C19H18FNO4. The summed E-state index contributed by atoms with van der Waals surface area (Å²) in [6, 6.07) is 13.3. The summed E-state index contributed by atoms with van der Waals surface area (Å²) in [5, 5.41) is 2.45. The molecule has 0 unspecified atom stereocenters. The molecule has 1 amide bonds. The maximum atomic E-state index is 13.7. The number of halogens is 1. The number of hydrogen-bond acceptors (Lipinski definition) is 4. The normalized spacial score (nSPS) is 10.9. The van der Waals surface area contributed by atoms with Gasteiger partial charge in [-0.25, -0.2) is 9.18 Å². The molecule has 1 N–H and O–H groups in total. The zero-order chi connectivity index (χ0) is 18.2. The van der Waals surface area contributed by atoms with Crippen LogP contribution in [0, 0.1) is 5.82 Å². The van der Waals surface area contributed by atoms with Gasteiger partial charge in [0.05, 0.1) is 7.11 Å². The molecule has 6 heteroatoms. The van der Waals surface area contributed by atoms with Gasteiger partial charge in [-0.1, -0.05) is 36.4 Å². The second-order valence-electron chi connectivity index (χ2n) is 5.19.